The maximum absolute atomic E-state index is 11.6. The number of hydrogen-bond acceptors (Lipinski definition) is 3. The molecular formula is C10H12O3. The first-order valence-corrected chi connectivity index (χ1v) is 4.43. The molecule has 3 nitrogen and oxygen atoms in total. The van der Waals surface area contributed by atoms with Gasteiger partial charge in [-0.15, -0.1) is 6.58 Å². The van der Waals surface area contributed by atoms with Gasteiger partial charge >= 0.3 is 5.97 Å². The zero-order valence-electron chi connectivity index (χ0n) is 7.58. The number of allylic oxidation sites excluding steroid dienone is 1. The SMILES string of the molecule is C=CC1C2CCC(=O)C12C(=O)OC. The molecule has 0 N–H and O–H groups in total. The highest BCUT2D eigenvalue weighted by Crippen LogP contribution is 2.67. The van der Waals surface area contributed by atoms with Gasteiger partial charge in [-0.05, 0) is 12.3 Å². The van der Waals surface area contributed by atoms with Crippen molar-refractivity contribution in [3.8, 4) is 0 Å². The van der Waals surface area contributed by atoms with Crippen molar-refractivity contribution in [3.05, 3.63) is 12.7 Å². The Labute approximate surface area is 76.8 Å². The molecule has 70 valence electrons. The van der Waals surface area contributed by atoms with Gasteiger partial charge in [0.05, 0.1) is 7.11 Å². The summed E-state index contributed by atoms with van der Waals surface area (Å²) in [5.74, 6) is -0.134. The third kappa shape index (κ3) is 0.747. The quantitative estimate of drug-likeness (QED) is 0.361. The summed E-state index contributed by atoms with van der Waals surface area (Å²) in [7, 11) is 1.33. The van der Waals surface area contributed by atoms with Gasteiger partial charge in [0.15, 0.2) is 5.78 Å². The second kappa shape index (κ2) is 2.44. The molecule has 0 aromatic heterocycles. The Bertz CT molecular complexity index is 295. The molecule has 0 aromatic carbocycles. The second-order valence-electron chi connectivity index (χ2n) is 3.69. The Hall–Kier alpha value is -1.12. The zero-order valence-corrected chi connectivity index (χ0v) is 7.58. The lowest BCUT2D eigenvalue weighted by molar-refractivity contribution is -0.151. The molecule has 0 saturated heterocycles. The van der Waals surface area contributed by atoms with E-state index in [0.29, 0.717) is 6.42 Å². The summed E-state index contributed by atoms with van der Waals surface area (Å²) in [6.45, 7) is 3.64. The van der Waals surface area contributed by atoms with Crippen LogP contribution in [0, 0.1) is 17.3 Å². The first kappa shape index (κ1) is 8.48. The van der Waals surface area contributed by atoms with E-state index < -0.39 is 5.41 Å². The molecule has 0 aromatic rings. The third-order valence-corrected chi connectivity index (χ3v) is 3.36. The number of carbonyl (C=O) groups excluding carboxylic acids is 2. The van der Waals surface area contributed by atoms with Crippen molar-refractivity contribution < 1.29 is 14.3 Å². The van der Waals surface area contributed by atoms with Crippen LogP contribution in [-0.4, -0.2) is 18.9 Å². The minimum Gasteiger partial charge on any atom is -0.468 e. The maximum atomic E-state index is 11.6. The summed E-state index contributed by atoms with van der Waals surface area (Å²) in [4.78, 5) is 23.0. The molecule has 2 aliphatic rings. The van der Waals surface area contributed by atoms with Crippen LogP contribution in [-0.2, 0) is 14.3 Å². The predicted molar refractivity (Wildman–Crippen MR) is 45.9 cm³/mol. The Morgan fingerprint density at radius 1 is 1.77 bits per heavy atom. The molecule has 3 unspecified atom stereocenters. The number of carbonyl (C=O) groups is 2. The minimum atomic E-state index is -0.823. The van der Waals surface area contributed by atoms with E-state index in [4.69, 9.17) is 0 Å². The lowest BCUT2D eigenvalue weighted by atomic mass is 9.98. The average molecular weight is 180 g/mol. The predicted octanol–water partition coefficient (Wildman–Crippen LogP) is 0.941. The van der Waals surface area contributed by atoms with E-state index in [1.807, 2.05) is 0 Å². The normalized spacial score (nSPS) is 41.2. The minimum absolute atomic E-state index is 0.0289. The van der Waals surface area contributed by atoms with Crippen molar-refractivity contribution >= 4 is 11.8 Å². The summed E-state index contributed by atoms with van der Waals surface area (Å²) >= 11 is 0. The lowest BCUT2D eigenvalue weighted by Gasteiger charge is -2.08. The van der Waals surface area contributed by atoms with Gasteiger partial charge < -0.3 is 4.74 Å². The molecule has 2 fully saturated rings. The van der Waals surface area contributed by atoms with Gasteiger partial charge in [0.25, 0.3) is 0 Å². The molecule has 0 spiro atoms. The first-order valence-electron chi connectivity index (χ1n) is 4.43. The molecule has 0 radical (unpaired) electrons. The van der Waals surface area contributed by atoms with E-state index >= 15 is 0 Å². The summed E-state index contributed by atoms with van der Waals surface area (Å²) < 4.78 is 4.67. The zero-order chi connectivity index (χ0) is 9.64. The highest BCUT2D eigenvalue weighted by atomic mass is 16.5. The Morgan fingerprint density at radius 3 is 2.92 bits per heavy atom. The largest absolute Gasteiger partial charge is 0.468 e. The number of ketones is 1. The van der Waals surface area contributed by atoms with E-state index in [9.17, 15) is 9.59 Å². The standard InChI is InChI=1S/C10H12O3/c1-3-6-7-4-5-8(11)10(6,7)9(12)13-2/h3,6-7H,1,4-5H2,2H3. The molecule has 2 rings (SSSR count). The Morgan fingerprint density at radius 2 is 2.46 bits per heavy atom. The van der Waals surface area contributed by atoms with Crippen LogP contribution in [0.3, 0.4) is 0 Å². The Balaban J connectivity index is 2.34. The molecular weight excluding hydrogens is 168 g/mol. The van der Waals surface area contributed by atoms with Crippen molar-refractivity contribution in [2.45, 2.75) is 12.8 Å². The fraction of sp³-hybridized carbons (Fsp3) is 0.600. The highest BCUT2D eigenvalue weighted by molar-refractivity contribution is 6.10. The fourth-order valence-corrected chi connectivity index (χ4v) is 2.70. The molecule has 0 amide bonds. The number of ether oxygens (including phenoxy) is 1. The third-order valence-electron chi connectivity index (χ3n) is 3.36. The van der Waals surface area contributed by atoms with Crippen LogP contribution in [0.1, 0.15) is 12.8 Å². The van der Waals surface area contributed by atoms with E-state index in [2.05, 4.69) is 11.3 Å². The number of hydrogen-bond donors (Lipinski definition) is 0. The number of rotatable bonds is 2. The van der Waals surface area contributed by atoms with Crippen LogP contribution in [0.2, 0.25) is 0 Å². The summed E-state index contributed by atoms with van der Waals surface area (Å²) in [6, 6.07) is 0. The number of esters is 1. The molecule has 3 atom stereocenters. The molecule has 0 bridgehead atoms. The second-order valence-corrected chi connectivity index (χ2v) is 3.69. The van der Waals surface area contributed by atoms with Crippen LogP contribution in [0.15, 0.2) is 12.7 Å². The van der Waals surface area contributed by atoms with E-state index in [-0.39, 0.29) is 23.6 Å². The van der Waals surface area contributed by atoms with Crippen LogP contribution < -0.4 is 0 Å². The van der Waals surface area contributed by atoms with Crippen molar-refractivity contribution in [1.29, 1.82) is 0 Å². The van der Waals surface area contributed by atoms with E-state index in [0.717, 1.165) is 6.42 Å². The van der Waals surface area contributed by atoms with Crippen LogP contribution in [0.5, 0.6) is 0 Å². The van der Waals surface area contributed by atoms with Crippen LogP contribution in [0.4, 0.5) is 0 Å². The maximum Gasteiger partial charge on any atom is 0.320 e. The van der Waals surface area contributed by atoms with Gasteiger partial charge in [0.1, 0.15) is 5.41 Å². The first-order chi connectivity index (χ1) is 6.19. The topological polar surface area (TPSA) is 43.4 Å². The van der Waals surface area contributed by atoms with Crippen molar-refractivity contribution in [2.75, 3.05) is 7.11 Å². The Kier molecular flexibility index (Phi) is 1.59. The van der Waals surface area contributed by atoms with Crippen molar-refractivity contribution in [1.82, 2.24) is 0 Å². The summed E-state index contributed by atoms with van der Waals surface area (Å²) in [6.07, 6.45) is 3.04. The van der Waals surface area contributed by atoms with Gasteiger partial charge in [-0.1, -0.05) is 6.08 Å². The van der Waals surface area contributed by atoms with Crippen LogP contribution >= 0.6 is 0 Å². The van der Waals surface area contributed by atoms with E-state index in [1.54, 1.807) is 6.08 Å². The number of fused-ring (bicyclic) bond motifs is 1. The molecule has 0 aliphatic heterocycles. The molecule has 2 aliphatic carbocycles. The fourth-order valence-electron chi connectivity index (χ4n) is 2.70. The van der Waals surface area contributed by atoms with Crippen molar-refractivity contribution in [2.24, 2.45) is 17.3 Å². The van der Waals surface area contributed by atoms with Gasteiger partial charge in [-0.3, -0.25) is 9.59 Å². The summed E-state index contributed by atoms with van der Waals surface area (Å²) in [5, 5.41) is 0. The van der Waals surface area contributed by atoms with Gasteiger partial charge in [-0.25, -0.2) is 0 Å². The monoisotopic (exact) mass is 180 g/mol. The smallest absolute Gasteiger partial charge is 0.320 e. The molecule has 2 saturated carbocycles. The van der Waals surface area contributed by atoms with Crippen molar-refractivity contribution in [3.63, 3.8) is 0 Å². The number of Topliss-reactive ketones (excluding diaryl/α,β-unsaturated/α-hetero) is 1. The van der Waals surface area contributed by atoms with Gasteiger partial charge in [0, 0.05) is 12.3 Å². The number of methoxy groups -OCH3 is 1. The van der Waals surface area contributed by atoms with Crippen LogP contribution in [0.25, 0.3) is 0 Å². The molecule has 0 heterocycles. The average Bonchev–Trinajstić information content (AvgIpc) is 2.70. The highest BCUT2D eigenvalue weighted by Gasteiger charge is 2.75. The van der Waals surface area contributed by atoms with Gasteiger partial charge in [-0.2, -0.15) is 0 Å². The summed E-state index contributed by atoms with van der Waals surface area (Å²) in [5.41, 5.74) is -0.823. The van der Waals surface area contributed by atoms with E-state index in [1.165, 1.54) is 7.11 Å². The van der Waals surface area contributed by atoms with Gasteiger partial charge in [0.2, 0.25) is 0 Å². The molecule has 3 heteroatoms. The lowest BCUT2D eigenvalue weighted by Crippen LogP contribution is -2.27. The molecule has 13 heavy (non-hydrogen) atoms.